The van der Waals surface area contributed by atoms with Gasteiger partial charge in [0, 0.05) is 9.50 Å². The summed E-state index contributed by atoms with van der Waals surface area (Å²) in [5.41, 5.74) is 1.14. The molecule has 1 aromatic carbocycles. The smallest absolute Gasteiger partial charge is 0.373 e. The number of hydrogen-bond donors (Lipinski definition) is 1. The zero-order valence-electron chi connectivity index (χ0n) is 11.0. The Bertz CT molecular complexity index is 652. The summed E-state index contributed by atoms with van der Waals surface area (Å²) < 4.78 is 6.11. The van der Waals surface area contributed by atoms with Gasteiger partial charge in [-0.2, -0.15) is 0 Å². The summed E-state index contributed by atoms with van der Waals surface area (Å²) in [6.45, 7) is 4.00. The summed E-state index contributed by atoms with van der Waals surface area (Å²) in [5.74, 6) is -0.638. The van der Waals surface area contributed by atoms with Gasteiger partial charge in [-0.3, -0.25) is 0 Å². The van der Waals surface area contributed by atoms with E-state index in [0.717, 1.165) is 0 Å². The van der Waals surface area contributed by atoms with Crippen molar-refractivity contribution in [1.29, 1.82) is 0 Å². The minimum absolute atomic E-state index is 0.101. The molecule has 0 aliphatic heterocycles. The van der Waals surface area contributed by atoms with Gasteiger partial charge in [0.1, 0.15) is 0 Å². The second kappa shape index (κ2) is 5.97. The first kappa shape index (κ1) is 15.1. The van der Waals surface area contributed by atoms with E-state index in [1.54, 1.807) is 18.2 Å². The molecule has 0 unspecified atom stereocenters. The second-order valence-corrected chi connectivity index (χ2v) is 6.11. The first-order chi connectivity index (χ1) is 9.38. The van der Waals surface area contributed by atoms with Crippen molar-refractivity contribution >= 4 is 33.5 Å². The number of carboxylic acid groups (broad SMARTS) is 1. The predicted molar refractivity (Wildman–Crippen MR) is 80.2 cm³/mol. The van der Waals surface area contributed by atoms with Crippen molar-refractivity contribution in [3.63, 3.8) is 0 Å². The van der Waals surface area contributed by atoms with Crippen LogP contribution in [0.15, 0.2) is 27.1 Å². The molecular weight excluding hydrogens is 346 g/mol. The molecule has 20 heavy (non-hydrogen) atoms. The number of benzene rings is 1. The first-order valence-electron chi connectivity index (χ1n) is 6.07. The molecule has 106 valence electrons. The van der Waals surface area contributed by atoms with Gasteiger partial charge in [0.2, 0.25) is 11.7 Å². The summed E-state index contributed by atoms with van der Waals surface area (Å²) in [6, 6.07) is 5.15. The van der Waals surface area contributed by atoms with E-state index in [-0.39, 0.29) is 11.7 Å². The Hall–Kier alpha value is -1.33. The fourth-order valence-electron chi connectivity index (χ4n) is 1.82. The normalized spacial score (nSPS) is 11.1. The van der Waals surface area contributed by atoms with Crippen LogP contribution < -0.4 is 0 Å². The largest absolute Gasteiger partial charge is 0.475 e. The number of carboxylic acids is 1. The van der Waals surface area contributed by atoms with Gasteiger partial charge in [-0.05, 0) is 46.5 Å². The first-order valence-corrected chi connectivity index (χ1v) is 7.24. The molecule has 2 rings (SSSR count). The van der Waals surface area contributed by atoms with Crippen molar-refractivity contribution in [1.82, 2.24) is 4.98 Å². The number of hydrogen-bond acceptors (Lipinski definition) is 3. The third kappa shape index (κ3) is 3.22. The highest BCUT2D eigenvalue weighted by molar-refractivity contribution is 9.10. The lowest BCUT2D eigenvalue weighted by molar-refractivity contribution is 0.0661. The third-order valence-electron chi connectivity index (χ3n) is 2.65. The van der Waals surface area contributed by atoms with E-state index in [9.17, 15) is 9.90 Å². The number of rotatable bonds is 4. The molecule has 4 nitrogen and oxygen atoms in total. The molecule has 2 aromatic rings. The van der Waals surface area contributed by atoms with Crippen LogP contribution in [0.2, 0.25) is 5.02 Å². The van der Waals surface area contributed by atoms with E-state index < -0.39 is 5.97 Å². The van der Waals surface area contributed by atoms with Gasteiger partial charge in [0.05, 0.1) is 11.3 Å². The van der Waals surface area contributed by atoms with E-state index in [2.05, 4.69) is 20.9 Å². The number of nitrogens with zero attached hydrogens (tertiary/aromatic N) is 1. The average molecular weight is 359 g/mol. The van der Waals surface area contributed by atoms with Crippen LogP contribution >= 0.6 is 27.5 Å². The Balaban J connectivity index is 2.49. The van der Waals surface area contributed by atoms with Crippen LogP contribution in [0.1, 0.15) is 30.1 Å². The molecule has 0 radical (unpaired) electrons. The lowest BCUT2D eigenvalue weighted by Crippen LogP contribution is -2.03. The van der Waals surface area contributed by atoms with Crippen LogP contribution in [0.3, 0.4) is 0 Å². The minimum atomic E-state index is -1.11. The standard InChI is InChI=1S/C14H13BrClNO3/c1-7(2)5-11-12(14(18)19)20-13(17-11)9-4-3-8(16)6-10(9)15/h3-4,6-7H,5H2,1-2H3,(H,18,19). The van der Waals surface area contributed by atoms with Gasteiger partial charge < -0.3 is 9.52 Å². The molecule has 1 heterocycles. The number of aromatic carboxylic acids is 1. The maximum atomic E-state index is 11.2. The van der Waals surface area contributed by atoms with E-state index in [1.807, 2.05) is 13.8 Å². The van der Waals surface area contributed by atoms with Gasteiger partial charge in [-0.25, -0.2) is 9.78 Å². The number of aromatic nitrogens is 1. The maximum absolute atomic E-state index is 11.2. The summed E-state index contributed by atoms with van der Waals surface area (Å²) >= 11 is 9.26. The maximum Gasteiger partial charge on any atom is 0.373 e. The van der Waals surface area contributed by atoms with E-state index >= 15 is 0 Å². The molecule has 0 spiro atoms. The molecule has 0 fully saturated rings. The number of halogens is 2. The van der Waals surface area contributed by atoms with Gasteiger partial charge in [0.25, 0.3) is 0 Å². The highest BCUT2D eigenvalue weighted by Crippen LogP contribution is 2.31. The van der Waals surface area contributed by atoms with Crippen molar-refractivity contribution in [2.24, 2.45) is 5.92 Å². The summed E-state index contributed by atoms with van der Waals surface area (Å²) in [6.07, 6.45) is 0.552. The van der Waals surface area contributed by atoms with Crippen molar-refractivity contribution in [2.45, 2.75) is 20.3 Å². The van der Waals surface area contributed by atoms with Crippen LogP contribution in [0, 0.1) is 5.92 Å². The fourth-order valence-corrected chi connectivity index (χ4v) is 2.67. The molecule has 0 amide bonds. The monoisotopic (exact) mass is 357 g/mol. The lowest BCUT2D eigenvalue weighted by atomic mass is 10.1. The summed E-state index contributed by atoms with van der Waals surface area (Å²) in [5, 5.41) is 9.76. The second-order valence-electron chi connectivity index (χ2n) is 4.82. The Labute approximate surface area is 129 Å². The molecule has 6 heteroatoms. The zero-order chi connectivity index (χ0) is 14.9. The highest BCUT2D eigenvalue weighted by Gasteiger charge is 2.22. The Morgan fingerprint density at radius 2 is 2.20 bits per heavy atom. The molecule has 1 N–H and O–H groups in total. The van der Waals surface area contributed by atoms with Crippen LogP contribution in [-0.4, -0.2) is 16.1 Å². The van der Waals surface area contributed by atoms with Gasteiger partial charge >= 0.3 is 5.97 Å². The van der Waals surface area contributed by atoms with Gasteiger partial charge in [-0.15, -0.1) is 0 Å². The van der Waals surface area contributed by atoms with Gasteiger partial charge in [-0.1, -0.05) is 25.4 Å². The number of carbonyl (C=O) groups is 1. The molecular formula is C14H13BrClNO3. The van der Waals surface area contributed by atoms with E-state index in [4.69, 9.17) is 16.0 Å². The minimum Gasteiger partial charge on any atom is -0.475 e. The molecule has 0 bridgehead atoms. The van der Waals surface area contributed by atoms with Crippen molar-refractivity contribution in [2.75, 3.05) is 0 Å². The van der Waals surface area contributed by atoms with Crippen molar-refractivity contribution in [3.05, 3.63) is 39.1 Å². The topological polar surface area (TPSA) is 63.3 Å². The van der Waals surface area contributed by atoms with Gasteiger partial charge in [0.15, 0.2) is 0 Å². The fraction of sp³-hybridized carbons (Fsp3) is 0.286. The van der Waals surface area contributed by atoms with Crippen LogP contribution in [0.5, 0.6) is 0 Å². The van der Waals surface area contributed by atoms with Crippen LogP contribution in [0.4, 0.5) is 0 Å². The van der Waals surface area contributed by atoms with Crippen LogP contribution in [0.25, 0.3) is 11.5 Å². The average Bonchev–Trinajstić information content (AvgIpc) is 2.71. The number of oxazole rings is 1. The quantitative estimate of drug-likeness (QED) is 0.863. The Kier molecular flexibility index (Phi) is 4.50. The molecule has 0 saturated carbocycles. The molecule has 0 atom stereocenters. The molecule has 1 aromatic heterocycles. The van der Waals surface area contributed by atoms with E-state index in [0.29, 0.717) is 33.1 Å². The molecule has 0 aliphatic carbocycles. The van der Waals surface area contributed by atoms with Crippen molar-refractivity contribution < 1.29 is 14.3 Å². The molecule has 0 aliphatic rings. The summed E-state index contributed by atoms with van der Waals surface area (Å²) in [7, 11) is 0. The summed E-state index contributed by atoms with van der Waals surface area (Å²) in [4.78, 5) is 15.5. The highest BCUT2D eigenvalue weighted by atomic mass is 79.9. The Morgan fingerprint density at radius 3 is 2.75 bits per heavy atom. The van der Waals surface area contributed by atoms with Crippen molar-refractivity contribution in [3.8, 4) is 11.5 Å². The predicted octanol–water partition coefficient (Wildman–Crippen LogP) is 4.65. The molecule has 0 saturated heterocycles. The SMILES string of the molecule is CC(C)Cc1nc(-c2ccc(Cl)cc2Br)oc1C(=O)O. The van der Waals surface area contributed by atoms with E-state index in [1.165, 1.54) is 0 Å². The van der Waals surface area contributed by atoms with Crippen LogP contribution in [-0.2, 0) is 6.42 Å². The lowest BCUT2D eigenvalue weighted by Gasteiger charge is -2.00. The Morgan fingerprint density at radius 1 is 1.50 bits per heavy atom. The third-order valence-corrected chi connectivity index (χ3v) is 3.55. The zero-order valence-corrected chi connectivity index (χ0v) is 13.3.